The van der Waals surface area contributed by atoms with Crippen LogP contribution in [0.2, 0.25) is 5.02 Å². The normalized spacial score (nSPS) is 10.5. The SMILES string of the molecule is CCCCCNC(=O)Cc1cnc(-c2ccc(Cl)cc2)[nH]c1=O. The van der Waals surface area contributed by atoms with Gasteiger partial charge in [-0.05, 0) is 30.7 Å². The smallest absolute Gasteiger partial charge is 0.254 e. The highest BCUT2D eigenvalue weighted by Gasteiger charge is 2.09. The first-order valence-corrected chi connectivity index (χ1v) is 8.08. The molecule has 23 heavy (non-hydrogen) atoms. The number of aromatic amines is 1. The van der Waals surface area contributed by atoms with Gasteiger partial charge in [-0.3, -0.25) is 9.59 Å². The fraction of sp³-hybridized carbons (Fsp3) is 0.353. The number of carbonyl (C=O) groups excluding carboxylic acids is 1. The summed E-state index contributed by atoms with van der Waals surface area (Å²) in [5, 5.41) is 3.43. The molecule has 2 N–H and O–H groups in total. The third kappa shape index (κ3) is 5.21. The van der Waals surface area contributed by atoms with Gasteiger partial charge < -0.3 is 10.3 Å². The van der Waals surface area contributed by atoms with Gasteiger partial charge in [0.2, 0.25) is 5.91 Å². The van der Waals surface area contributed by atoms with Gasteiger partial charge >= 0.3 is 0 Å². The van der Waals surface area contributed by atoms with Gasteiger partial charge in [0.25, 0.3) is 5.56 Å². The van der Waals surface area contributed by atoms with Crippen molar-refractivity contribution in [3.05, 3.63) is 51.4 Å². The number of nitrogens with one attached hydrogen (secondary N) is 2. The van der Waals surface area contributed by atoms with Crippen LogP contribution in [0.15, 0.2) is 35.3 Å². The van der Waals surface area contributed by atoms with E-state index in [1.807, 2.05) is 0 Å². The molecule has 2 aromatic rings. The van der Waals surface area contributed by atoms with Crippen LogP contribution in [-0.4, -0.2) is 22.4 Å². The Morgan fingerprint density at radius 2 is 2.00 bits per heavy atom. The average molecular weight is 334 g/mol. The van der Waals surface area contributed by atoms with Crippen LogP contribution >= 0.6 is 11.6 Å². The molecule has 0 aliphatic heterocycles. The summed E-state index contributed by atoms with van der Waals surface area (Å²) in [7, 11) is 0. The summed E-state index contributed by atoms with van der Waals surface area (Å²) < 4.78 is 0. The van der Waals surface area contributed by atoms with Gasteiger partial charge in [0, 0.05) is 28.9 Å². The Labute approximate surface area is 140 Å². The minimum Gasteiger partial charge on any atom is -0.356 e. The lowest BCUT2D eigenvalue weighted by Crippen LogP contribution is -2.29. The van der Waals surface area contributed by atoms with Crippen LogP contribution in [0.3, 0.4) is 0 Å². The third-order valence-corrected chi connectivity index (χ3v) is 3.70. The number of aromatic nitrogens is 2. The number of hydrogen-bond acceptors (Lipinski definition) is 3. The average Bonchev–Trinajstić information content (AvgIpc) is 2.54. The molecule has 0 saturated heterocycles. The van der Waals surface area contributed by atoms with E-state index in [0.717, 1.165) is 24.8 Å². The molecule has 1 aromatic carbocycles. The molecule has 1 amide bonds. The number of carbonyl (C=O) groups is 1. The highest BCUT2D eigenvalue weighted by Crippen LogP contribution is 2.16. The van der Waals surface area contributed by atoms with Crippen LogP contribution in [0.25, 0.3) is 11.4 Å². The molecule has 2 rings (SSSR count). The van der Waals surface area contributed by atoms with E-state index in [4.69, 9.17) is 11.6 Å². The molecule has 0 spiro atoms. The summed E-state index contributed by atoms with van der Waals surface area (Å²) >= 11 is 5.84. The third-order valence-electron chi connectivity index (χ3n) is 3.44. The number of hydrogen-bond donors (Lipinski definition) is 2. The number of amides is 1. The maximum Gasteiger partial charge on any atom is 0.254 e. The minimum atomic E-state index is -0.298. The van der Waals surface area contributed by atoms with Gasteiger partial charge in [0.1, 0.15) is 5.82 Å². The van der Waals surface area contributed by atoms with E-state index < -0.39 is 0 Å². The molecule has 0 fully saturated rings. The monoisotopic (exact) mass is 333 g/mol. The molecule has 122 valence electrons. The van der Waals surface area contributed by atoms with E-state index in [1.54, 1.807) is 24.3 Å². The number of halogens is 1. The first-order chi connectivity index (χ1) is 11.1. The van der Waals surface area contributed by atoms with Gasteiger partial charge in [-0.2, -0.15) is 0 Å². The van der Waals surface area contributed by atoms with Gasteiger partial charge in [-0.25, -0.2) is 4.98 Å². The first kappa shape index (κ1) is 17.2. The van der Waals surface area contributed by atoms with Crippen molar-refractivity contribution in [3.8, 4) is 11.4 Å². The molecule has 1 heterocycles. The van der Waals surface area contributed by atoms with E-state index in [2.05, 4.69) is 22.2 Å². The van der Waals surface area contributed by atoms with Crippen LogP contribution < -0.4 is 10.9 Å². The van der Waals surface area contributed by atoms with Crippen molar-refractivity contribution in [3.63, 3.8) is 0 Å². The van der Waals surface area contributed by atoms with E-state index in [-0.39, 0.29) is 17.9 Å². The number of unbranched alkanes of at least 4 members (excludes halogenated alkanes) is 2. The second-order valence-electron chi connectivity index (χ2n) is 5.33. The Morgan fingerprint density at radius 1 is 1.26 bits per heavy atom. The fourth-order valence-electron chi connectivity index (χ4n) is 2.14. The lowest BCUT2D eigenvalue weighted by molar-refractivity contribution is -0.120. The molecule has 0 aliphatic carbocycles. The molecule has 0 aliphatic rings. The number of nitrogens with zero attached hydrogens (tertiary/aromatic N) is 1. The van der Waals surface area contributed by atoms with Crippen LogP contribution in [0.5, 0.6) is 0 Å². The standard InChI is InChI=1S/C17H20ClN3O2/c1-2-3-4-9-19-15(22)10-13-11-20-16(21-17(13)23)12-5-7-14(18)8-6-12/h5-8,11H,2-4,9-10H2,1H3,(H,19,22)(H,20,21,23). The van der Waals surface area contributed by atoms with Crippen molar-refractivity contribution in [2.24, 2.45) is 0 Å². The van der Waals surface area contributed by atoms with E-state index >= 15 is 0 Å². The van der Waals surface area contributed by atoms with Gasteiger partial charge in [-0.1, -0.05) is 31.4 Å². The highest BCUT2D eigenvalue weighted by atomic mass is 35.5. The molecular weight excluding hydrogens is 314 g/mol. The van der Waals surface area contributed by atoms with Crippen LogP contribution in [-0.2, 0) is 11.2 Å². The zero-order valence-electron chi connectivity index (χ0n) is 13.1. The van der Waals surface area contributed by atoms with E-state index in [9.17, 15) is 9.59 Å². The number of benzene rings is 1. The lowest BCUT2D eigenvalue weighted by Gasteiger charge is -2.05. The first-order valence-electron chi connectivity index (χ1n) is 7.71. The zero-order valence-corrected chi connectivity index (χ0v) is 13.8. The summed E-state index contributed by atoms with van der Waals surface area (Å²) in [5.41, 5.74) is 0.825. The molecule has 0 atom stereocenters. The fourth-order valence-corrected chi connectivity index (χ4v) is 2.27. The van der Waals surface area contributed by atoms with Crippen molar-refractivity contribution in [2.45, 2.75) is 32.6 Å². The summed E-state index contributed by atoms with van der Waals surface area (Å²) in [6.45, 7) is 2.75. The summed E-state index contributed by atoms with van der Waals surface area (Å²) in [6.07, 6.45) is 4.62. The van der Waals surface area contributed by atoms with Crippen molar-refractivity contribution in [1.82, 2.24) is 15.3 Å². The summed E-state index contributed by atoms with van der Waals surface area (Å²) in [6, 6.07) is 7.02. The Bertz CT molecular complexity index is 711. The maximum atomic E-state index is 12.1. The lowest BCUT2D eigenvalue weighted by atomic mass is 10.2. The van der Waals surface area contributed by atoms with E-state index in [1.165, 1.54) is 6.20 Å². The molecule has 0 unspecified atom stereocenters. The molecular formula is C17H20ClN3O2. The topological polar surface area (TPSA) is 74.8 Å². The molecule has 6 heteroatoms. The predicted octanol–water partition coefficient (Wildman–Crippen LogP) is 2.94. The van der Waals surface area contributed by atoms with Crippen molar-refractivity contribution < 1.29 is 4.79 Å². The molecule has 5 nitrogen and oxygen atoms in total. The highest BCUT2D eigenvalue weighted by molar-refractivity contribution is 6.30. The zero-order chi connectivity index (χ0) is 16.7. The number of rotatable bonds is 7. The Hall–Kier alpha value is -2.14. The quantitative estimate of drug-likeness (QED) is 0.765. The second-order valence-corrected chi connectivity index (χ2v) is 5.76. The molecule has 0 bridgehead atoms. The predicted molar refractivity (Wildman–Crippen MR) is 91.5 cm³/mol. The van der Waals surface area contributed by atoms with Crippen LogP contribution in [0, 0.1) is 0 Å². The van der Waals surface area contributed by atoms with Crippen molar-refractivity contribution >= 4 is 17.5 Å². The number of H-pyrrole nitrogens is 1. The summed E-state index contributed by atoms with van der Waals surface area (Å²) in [4.78, 5) is 30.8. The molecule has 0 radical (unpaired) electrons. The van der Waals surface area contributed by atoms with Gasteiger partial charge in [0.05, 0.1) is 6.42 Å². The van der Waals surface area contributed by atoms with E-state index in [0.29, 0.717) is 23.0 Å². The van der Waals surface area contributed by atoms with Crippen LogP contribution in [0.1, 0.15) is 31.7 Å². The van der Waals surface area contributed by atoms with Crippen molar-refractivity contribution in [1.29, 1.82) is 0 Å². The molecule has 0 saturated carbocycles. The molecule has 1 aromatic heterocycles. The Kier molecular flexibility index (Phi) is 6.35. The maximum absolute atomic E-state index is 12.1. The van der Waals surface area contributed by atoms with Gasteiger partial charge in [-0.15, -0.1) is 0 Å². The van der Waals surface area contributed by atoms with Crippen molar-refractivity contribution in [2.75, 3.05) is 6.54 Å². The Balaban J connectivity index is 2.00. The van der Waals surface area contributed by atoms with Crippen LogP contribution in [0.4, 0.5) is 0 Å². The largest absolute Gasteiger partial charge is 0.356 e. The Morgan fingerprint density at radius 3 is 2.65 bits per heavy atom. The minimum absolute atomic E-state index is 0.0371. The summed E-state index contributed by atoms with van der Waals surface area (Å²) in [5.74, 6) is 0.298. The van der Waals surface area contributed by atoms with Gasteiger partial charge in [0.15, 0.2) is 0 Å². The second kappa shape index (κ2) is 8.48.